The smallest absolute Gasteiger partial charge is 0.254 e. The van der Waals surface area contributed by atoms with Crippen molar-refractivity contribution in [1.29, 1.82) is 0 Å². The van der Waals surface area contributed by atoms with Crippen LogP contribution in [0, 0.1) is 0 Å². The van der Waals surface area contributed by atoms with Crippen LogP contribution in [0.2, 0.25) is 0 Å². The Labute approximate surface area is 131 Å². The van der Waals surface area contributed by atoms with Crippen LogP contribution in [0.15, 0.2) is 23.1 Å². The molecule has 0 bridgehead atoms. The molecule has 0 spiro atoms. The molecule has 1 aromatic carbocycles. The number of methoxy groups -OCH3 is 1. The van der Waals surface area contributed by atoms with Crippen LogP contribution < -0.4 is 10.1 Å². The molecule has 1 aliphatic carbocycles. The quantitative estimate of drug-likeness (QED) is 0.892. The number of nitrogens with one attached hydrogen (secondary N) is 1. The molecule has 0 unspecified atom stereocenters. The molecule has 0 saturated heterocycles. The summed E-state index contributed by atoms with van der Waals surface area (Å²) in [6, 6.07) is 4.40. The van der Waals surface area contributed by atoms with Crippen LogP contribution in [-0.4, -0.2) is 45.9 Å². The summed E-state index contributed by atoms with van der Waals surface area (Å²) in [4.78, 5) is 12.0. The van der Waals surface area contributed by atoms with Crippen molar-refractivity contribution in [2.45, 2.75) is 36.6 Å². The number of hydrogen-bond acceptors (Lipinski definition) is 4. The molecule has 1 N–H and O–H groups in total. The van der Waals surface area contributed by atoms with E-state index in [9.17, 15) is 13.2 Å². The van der Waals surface area contributed by atoms with Gasteiger partial charge in [-0.15, -0.1) is 0 Å². The minimum Gasteiger partial charge on any atom is -0.496 e. The minimum absolute atomic E-state index is 0.0375. The van der Waals surface area contributed by atoms with E-state index < -0.39 is 10.0 Å². The van der Waals surface area contributed by atoms with Crippen molar-refractivity contribution in [3.05, 3.63) is 23.8 Å². The standard InChI is InChI=1S/C15H22N2O4S/c1-16-15(18)13-10-12(8-9-14(13)21-3)22(19,20)17(2)11-6-4-5-7-11/h8-11H,4-7H2,1-3H3,(H,16,18). The van der Waals surface area contributed by atoms with E-state index in [0.717, 1.165) is 25.7 Å². The molecule has 122 valence electrons. The third kappa shape index (κ3) is 3.10. The molecular weight excluding hydrogens is 304 g/mol. The molecule has 1 aromatic rings. The van der Waals surface area contributed by atoms with E-state index in [4.69, 9.17) is 4.74 Å². The number of ether oxygens (including phenoxy) is 1. The summed E-state index contributed by atoms with van der Waals surface area (Å²) < 4.78 is 32.0. The Morgan fingerprint density at radius 3 is 2.50 bits per heavy atom. The van der Waals surface area contributed by atoms with Gasteiger partial charge in [0, 0.05) is 20.1 Å². The second-order valence-electron chi connectivity index (χ2n) is 5.40. The summed E-state index contributed by atoms with van der Waals surface area (Å²) in [5, 5.41) is 2.49. The first-order valence-corrected chi connectivity index (χ1v) is 8.74. The topological polar surface area (TPSA) is 75.7 Å². The lowest BCUT2D eigenvalue weighted by atomic mass is 10.2. The van der Waals surface area contributed by atoms with Gasteiger partial charge >= 0.3 is 0 Å². The highest BCUT2D eigenvalue weighted by atomic mass is 32.2. The summed E-state index contributed by atoms with van der Waals surface area (Å²) >= 11 is 0. The van der Waals surface area contributed by atoms with Crippen molar-refractivity contribution >= 4 is 15.9 Å². The van der Waals surface area contributed by atoms with E-state index in [1.165, 1.54) is 36.7 Å². The number of amides is 1. The zero-order chi connectivity index (χ0) is 16.3. The molecule has 1 fully saturated rings. The molecule has 22 heavy (non-hydrogen) atoms. The van der Waals surface area contributed by atoms with Crippen LogP contribution in [0.3, 0.4) is 0 Å². The van der Waals surface area contributed by atoms with E-state index in [2.05, 4.69) is 5.32 Å². The lowest BCUT2D eigenvalue weighted by Crippen LogP contribution is -2.35. The largest absolute Gasteiger partial charge is 0.496 e. The van der Waals surface area contributed by atoms with Gasteiger partial charge in [-0.25, -0.2) is 8.42 Å². The second-order valence-corrected chi connectivity index (χ2v) is 7.40. The highest BCUT2D eigenvalue weighted by molar-refractivity contribution is 7.89. The number of sulfonamides is 1. The van der Waals surface area contributed by atoms with Crippen molar-refractivity contribution in [3.63, 3.8) is 0 Å². The Balaban J connectivity index is 2.40. The lowest BCUT2D eigenvalue weighted by molar-refractivity contribution is 0.0960. The molecular formula is C15H22N2O4S. The van der Waals surface area contributed by atoms with Gasteiger partial charge < -0.3 is 10.1 Å². The van der Waals surface area contributed by atoms with Gasteiger partial charge in [0.05, 0.1) is 17.6 Å². The van der Waals surface area contributed by atoms with Gasteiger partial charge in [0.2, 0.25) is 10.0 Å². The SMILES string of the molecule is CNC(=O)c1cc(S(=O)(=O)N(C)C2CCCC2)ccc1OC. The minimum atomic E-state index is -3.61. The Kier molecular flexibility index (Phi) is 5.08. The molecule has 0 aromatic heterocycles. The molecule has 1 saturated carbocycles. The summed E-state index contributed by atoms with van der Waals surface area (Å²) in [5.74, 6) is -0.0285. The van der Waals surface area contributed by atoms with Gasteiger partial charge in [0.15, 0.2) is 0 Å². The lowest BCUT2D eigenvalue weighted by Gasteiger charge is -2.24. The summed E-state index contributed by atoms with van der Waals surface area (Å²) in [6.07, 6.45) is 3.87. The maximum absolute atomic E-state index is 12.7. The first-order chi connectivity index (χ1) is 10.4. The fourth-order valence-electron chi connectivity index (χ4n) is 2.79. The van der Waals surface area contributed by atoms with Crippen LogP contribution in [0.25, 0.3) is 0 Å². The average molecular weight is 326 g/mol. The Morgan fingerprint density at radius 2 is 1.95 bits per heavy atom. The fraction of sp³-hybridized carbons (Fsp3) is 0.533. The molecule has 2 rings (SSSR count). The molecule has 0 heterocycles. The van der Waals surface area contributed by atoms with E-state index in [-0.39, 0.29) is 22.4 Å². The van der Waals surface area contributed by atoms with Crippen molar-refractivity contribution in [2.24, 2.45) is 0 Å². The first kappa shape index (κ1) is 16.8. The predicted molar refractivity (Wildman–Crippen MR) is 83.6 cm³/mol. The Bertz CT molecular complexity index is 652. The normalized spacial score (nSPS) is 16.0. The summed E-state index contributed by atoms with van der Waals surface area (Å²) in [7, 11) is 0.931. The van der Waals surface area contributed by atoms with Gasteiger partial charge in [0.1, 0.15) is 5.75 Å². The molecule has 0 radical (unpaired) electrons. The summed E-state index contributed by atoms with van der Waals surface area (Å²) in [5.41, 5.74) is 0.214. The van der Waals surface area contributed by atoms with Crippen molar-refractivity contribution < 1.29 is 17.9 Å². The number of benzene rings is 1. The van der Waals surface area contributed by atoms with Gasteiger partial charge in [-0.3, -0.25) is 4.79 Å². The number of hydrogen-bond donors (Lipinski definition) is 1. The molecule has 6 nitrogen and oxygen atoms in total. The molecule has 1 aliphatic rings. The summed E-state index contributed by atoms with van der Waals surface area (Å²) in [6.45, 7) is 0. The fourth-order valence-corrected chi connectivity index (χ4v) is 4.23. The number of rotatable bonds is 5. The highest BCUT2D eigenvalue weighted by Gasteiger charge is 2.30. The third-order valence-corrected chi connectivity index (χ3v) is 6.06. The van der Waals surface area contributed by atoms with E-state index in [0.29, 0.717) is 5.75 Å². The zero-order valence-corrected chi connectivity index (χ0v) is 13.9. The first-order valence-electron chi connectivity index (χ1n) is 7.30. The Morgan fingerprint density at radius 1 is 1.32 bits per heavy atom. The van der Waals surface area contributed by atoms with Gasteiger partial charge in [-0.05, 0) is 31.0 Å². The molecule has 0 aliphatic heterocycles. The highest BCUT2D eigenvalue weighted by Crippen LogP contribution is 2.29. The van der Waals surface area contributed by atoms with Crippen molar-refractivity contribution in [2.75, 3.05) is 21.2 Å². The van der Waals surface area contributed by atoms with Crippen molar-refractivity contribution in [3.8, 4) is 5.75 Å². The molecule has 1 amide bonds. The average Bonchev–Trinajstić information content (AvgIpc) is 3.06. The maximum Gasteiger partial charge on any atom is 0.254 e. The number of nitrogens with zero attached hydrogens (tertiary/aromatic N) is 1. The van der Waals surface area contributed by atoms with Gasteiger partial charge in [-0.1, -0.05) is 12.8 Å². The zero-order valence-electron chi connectivity index (χ0n) is 13.1. The van der Waals surface area contributed by atoms with E-state index >= 15 is 0 Å². The van der Waals surface area contributed by atoms with Crippen molar-refractivity contribution in [1.82, 2.24) is 9.62 Å². The maximum atomic E-state index is 12.7. The van der Waals surface area contributed by atoms with Crippen LogP contribution in [0.1, 0.15) is 36.0 Å². The van der Waals surface area contributed by atoms with E-state index in [1.807, 2.05) is 0 Å². The number of carbonyl (C=O) groups excluding carboxylic acids is 1. The molecule has 7 heteroatoms. The molecule has 0 atom stereocenters. The predicted octanol–water partition coefficient (Wildman–Crippen LogP) is 1.62. The van der Waals surface area contributed by atoms with Gasteiger partial charge in [0.25, 0.3) is 5.91 Å². The monoisotopic (exact) mass is 326 g/mol. The Hall–Kier alpha value is -1.60. The van der Waals surface area contributed by atoms with Crippen LogP contribution >= 0.6 is 0 Å². The van der Waals surface area contributed by atoms with Crippen LogP contribution in [0.4, 0.5) is 0 Å². The van der Waals surface area contributed by atoms with Crippen LogP contribution in [0.5, 0.6) is 5.75 Å². The van der Waals surface area contributed by atoms with E-state index in [1.54, 1.807) is 7.05 Å². The number of carbonyl (C=O) groups is 1. The van der Waals surface area contributed by atoms with Crippen LogP contribution in [-0.2, 0) is 10.0 Å². The van der Waals surface area contributed by atoms with Gasteiger partial charge in [-0.2, -0.15) is 4.31 Å². The third-order valence-electron chi connectivity index (χ3n) is 4.16. The second kappa shape index (κ2) is 6.66.